The molecule has 4 heteroatoms. The zero-order chi connectivity index (χ0) is 13.8. The number of rotatable bonds is 4. The van der Waals surface area contributed by atoms with E-state index in [0.29, 0.717) is 11.4 Å². The lowest BCUT2D eigenvalue weighted by atomic mass is 9.98. The smallest absolute Gasteiger partial charge is 0.321 e. The van der Waals surface area contributed by atoms with Gasteiger partial charge in [-0.25, -0.2) is 0 Å². The van der Waals surface area contributed by atoms with Crippen molar-refractivity contribution in [1.29, 1.82) is 0 Å². The van der Waals surface area contributed by atoms with Gasteiger partial charge in [0, 0.05) is 5.02 Å². The molecule has 1 aromatic carbocycles. The first-order chi connectivity index (χ1) is 9.09. The Balaban J connectivity index is 2.16. The summed E-state index contributed by atoms with van der Waals surface area (Å²) >= 11 is 6.10. The molecule has 0 amide bonds. The van der Waals surface area contributed by atoms with Crippen molar-refractivity contribution in [2.75, 3.05) is 13.1 Å². The molecule has 0 spiro atoms. The number of likely N-dealkylation sites (tertiary alicyclic amines) is 1. The molecule has 0 aromatic heterocycles. The molecule has 19 heavy (non-hydrogen) atoms. The number of nitrogens with zero attached hydrogens (tertiary/aromatic N) is 1. The first-order valence-electron chi connectivity index (χ1n) is 6.80. The predicted molar refractivity (Wildman–Crippen MR) is 76.7 cm³/mol. The van der Waals surface area contributed by atoms with Gasteiger partial charge in [-0.2, -0.15) is 0 Å². The Bertz CT molecular complexity index is 455. The van der Waals surface area contributed by atoms with Gasteiger partial charge in [0.1, 0.15) is 6.04 Å². The Labute approximate surface area is 119 Å². The third-order valence-corrected chi connectivity index (χ3v) is 4.32. The van der Waals surface area contributed by atoms with Crippen LogP contribution in [0.2, 0.25) is 5.02 Å². The van der Waals surface area contributed by atoms with Crippen LogP contribution < -0.4 is 0 Å². The molecule has 0 aliphatic carbocycles. The molecular weight excluding hydrogens is 262 g/mol. The number of carboxylic acids is 1. The number of benzene rings is 1. The summed E-state index contributed by atoms with van der Waals surface area (Å²) in [5.41, 5.74) is 2.03. The molecule has 0 saturated carbocycles. The van der Waals surface area contributed by atoms with Gasteiger partial charge in [-0.3, -0.25) is 9.69 Å². The van der Waals surface area contributed by atoms with Crippen LogP contribution in [0.25, 0.3) is 0 Å². The number of hydrogen-bond acceptors (Lipinski definition) is 2. The second-order valence-corrected chi connectivity index (χ2v) is 5.59. The van der Waals surface area contributed by atoms with E-state index >= 15 is 0 Å². The van der Waals surface area contributed by atoms with E-state index in [2.05, 4.69) is 4.90 Å². The lowest BCUT2D eigenvalue weighted by Gasteiger charge is -2.32. The topological polar surface area (TPSA) is 40.5 Å². The number of hydrogen-bond donors (Lipinski definition) is 1. The first-order valence-corrected chi connectivity index (χ1v) is 7.18. The molecule has 0 radical (unpaired) electrons. The van der Waals surface area contributed by atoms with Crippen molar-refractivity contribution in [3.63, 3.8) is 0 Å². The Hall–Kier alpha value is -1.06. The van der Waals surface area contributed by atoms with Crippen LogP contribution in [0.15, 0.2) is 18.2 Å². The second kappa shape index (κ2) is 6.40. The van der Waals surface area contributed by atoms with Gasteiger partial charge in [0.05, 0.1) is 0 Å². The van der Waals surface area contributed by atoms with Gasteiger partial charge in [-0.05, 0) is 56.5 Å². The van der Waals surface area contributed by atoms with Crippen LogP contribution in [0.3, 0.4) is 0 Å². The van der Waals surface area contributed by atoms with Crippen LogP contribution in [0, 0.1) is 6.92 Å². The van der Waals surface area contributed by atoms with Gasteiger partial charge in [0.2, 0.25) is 0 Å². The zero-order valence-corrected chi connectivity index (χ0v) is 12.0. The highest BCUT2D eigenvalue weighted by Crippen LogP contribution is 2.22. The maximum Gasteiger partial charge on any atom is 0.321 e. The highest BCUT2D eigenvalue weighted by molar-refractivity contribution is 6.31. The number of carbonyl (C=O) groups is 1. The molecule has 1 heterocycles. The number of piperidine rings is 1. The van der Waals surface area contributed by atoms with E-state index < -0.39 is 12.0 Å². The molecular formula is C15H20ClNO2. The van der Waals surface area contributed by atoms with Crippen molar-refractivity contribution in [2.24, 2.45) is 0 Å². The van der Waals surface area contributed by atoms with Gasteiger partial charge >= 0.3 is 5.97 Å². The standard InChI is InChI=1S/C15H20ClNO2/c1-11-12(6-5-7-13(11)16)10-14(15(18)19)17-8-3-2-4-9-17/h5-7,14H,2-4,8-10H2,1H3,(H,18,19)/t14-/m0/s1. The van der Waals surface area contributed by atoms with Gasteiger partial charge in [0.15, 0.2) is 0 Å². The van der Waals surface area contributed by atoms with Crippen molar-refractivity contribution in [3.8, 4) is 0 Å². The summed E-state index contributed by atoms with van der Waals surface area (Å²) in [5.74, 6) is -0.735. The molecule has 3 nitrogen and oxygen atoms in total. The van der Waals surface area contributed by atoms with Gasteiger partial charge < -0.3 is 5.11 Å². The number of halogens is 1. The summed E-state index contributed by atoms with van der Waals surface area (Å²) in [4.78, 5) is 13.6. The van der Waals surface area contributed by atoms with E-state index in [4.69, 9.17) is 11.6 Å². The molecule has 0 bridgehead atoms. The van der Waals surface area contributed by atoms with Gasteiger partial charge in [0.25, 0.3) is 0 Å². The summed E-state index contributed by atoms with van der Waals surface area (Å²) in [5, 5.41) is 10.2. The van der Waals surface area contributed by atoms with E-state index in [0.717, 1.165) is 37.1 Å². The largest absolute Gasteiger partial charge is 0.480 e. The van der Waals surface area contributed by atoms with Crippen molar-refractivity contribution in [2.45, 2.75) is 38.6 Å². The SMILES string of the molecule is Cc1c(Cl)cccc1C[C@@H](C(=O)O)N1CCCCC1. The van der Waals surface area contributed by atoms with E-state index in [1.807, 2.05) is 25.1 Å². The average molecular weight is 282 g/mol. The normalized spacial score (nSPS) is 18.2. The monoisotopic (exact) mass is 281 g/mol. The fraction of sp³-hybridized carbons (Fsp3) is 0.533. The molecule has 1 N–H and O–H groups in total. The Morgan fingerprint density at radius 1 is 1.37 bits per heavy atom. The Morgan fingerprint density at radius 3 is 2.68 bits per heavy atom. The predicted octanol–water partition coefficient (Wildman–Crippen LogP) is 3.13. The molecule has 1 aliphatic heterocycles. The molecule has 0 unspecified atom stereocenters. The third-order valence-electron chi connectivity index (χ3n) is 3.91. The lowest BCUT2D eigenvalue weighted by Crippen LogP contribution is -2.45. The Morgan fingerprint density at radius 2 is 2.05 bits per heavy atom. The van der Waals surface area contributed by atoms with Gasteiger partial charge in [-0.15, -0.1) is 0 Å². The maximum atomic E-state index is 11.5. The van der Waals surface area contributed by atoms with Crippen LogP contribution in [0.1, 0.15) is 30.4 Å². The van der Waals surface area contributed by atoms with Crippen LogP contribution in [0.4, 0.5) is 0 Å². The quantitative estimate of drug-likeness (QED) is 0.922. The summed E-state index contributed by atoms with van der Waals surface area (Å²) in [6, 6.07) is 5.27. The zero-order valence-electron chi connectivity index (χ0n) is 11.2. The maximum absolute atomic E-state index is 11.5. The molecule has 1 atom stereocenters. The minimum atomic E-state index is -0.735. The van der Waals surface area contributed by atoms with E-state index in [1.54, 1.807) is 0 Å². The summed E-state index contributed by atoms with van der Waals surface area (Å²) in [7, 11) is 0. The fourth-order valence-corrected chi connectivity index (χ4v) is 2.88. The summed E-state index contributed by atoms with van der Waals surface area (Å²) in [6.07, 6.45) is 3.93. The van der Waals surface area contributed by atoms with Crippen LogP contribution in [0.5, 0.6) is 0 Å². The molecule has 2 rings (SSSR count). The van der Waals surface area contributed by atoms with Gasteiger partial charge in [-0.1, -0.05) is 30.2 Å². The van der Waals surface area contributed by atoms with Crippen molar-refractivity contribution >= 4 is 17.6 Å². The molecule has 1 aromatic rings. The number of aliphatic carboxylic acids is 1. The first kappa shape index (κ1) is 14.4. The highest BCUT2D eigenvalue weighted by atomic mass is 35.5. The van der Waals surface area contributed by atoms with E-state index in [-0.39, 0.29) is 0 Å². The minimum Gasteiger partial charge on any atom is -0.480 e. The van der Waals surface area contributed by atoms with E-state index in [1.165, 1.54) is 6.42 Å². The molecule has 1 fully saturated rings. The lowest BCUT2D eigenvalue weighted by molar-refractivity contribution is -0.143. The molecule has 1 aliphatic rings. The van der Waals surface area contributed by atoms with Crippen LogP contribution in [-0.2, 0) is 11.2 Å². The van der Waals surface area contributed by atoms with Crippen LogP contribution >= 0.6 is 11.6 Å². The molecule has 1 saturated heterocycles. The Kier molecular flexibility index (Phi) is 4.83. The van der Waals surface area contributed by atoms with Crippen molar-refractivity contribution < 1.29 is 9.90 Å². The third kappa shape index (κ3) is 3.48. The highest BCUT2D eigenvalue weighted by Gasteiger charge is 2.27. The van der Waals surface area contributed by atoms with Crippen molar-refractivity contribution in [1.82, 2.24) is 4.90 Å². The molecule has 104 valence electrons. The number of carboxylic acid groups (broad SMARTS) is 1. The minimum absolute atomic E-state index is 0.433. The van der Waals surface area contributed by atoms with E-state index in [9.17, 15) is 9.90 Å². The summed E-state index contributed by atoms with van der Waals surface area (Å²) in [6.45, 7) is 3.72. The van der Waals surface area contributed by atoms with Crippen LogP contribution in [-0.4, -0.2) is 35.1 Å². The fourth-order valence-electron chi connectivity index (χ4n) is 2.68. The van der Waals surface area contributed by atoms with Crippen molar-refractivity contribution in [3.05, 3.63) is 34.3 Å². The summed E-state index contributed by atoms with van der Waals surface area (Å²) < 4.78 is 0. The average Bonchev–Trinajstić information content (AvgIpc) is 2.41. The second-order valence-electron chi connectivity index (χ2n) is 5.18.